The molecule has 0 fully saturated rings. The van der Waals surface area contributed by atoms with E-state index in [4.69, 9.17) is 16.3 Å². The molecular weight excluding hydrogens is 330 g/mol. The molecule has 1 aromatic rings. The van der Waals surface area contributed by atoms with Gasteiger partial charge in [0.1, 0.15) is 4.90 Å². The molecule has 0 amide bonds. The number of halogens is 1. The molecule has 1 rings (SSSR count). The summed E-state index contributed by atoms with van der Waals surface area (Å²) in [5.74, 6) is 0.216. The summed E-state index contributed by atoms with van der Waals surface area (Å²) in [7, 11) is -1.97. The predicted octanol–water partition coefficient (Wildman–Crippen LogP) is 3.62. The van der Waals surface area contributed by atoms with Crippen LogP contribution >= 0.6 is 22.9 Å². The highest BCUT2D eigenvalue weighted by molar-refractivity contribution is 7.89. The number of alkyl halides is 1. The standard InChI is InChI=1S/C14H24ClNO3S2/c1-5-12(6-2)16(7-8-19-4)21(17,18)14-11(3)10-20-13(14)9-15/h10,12H,5-9H2,1-4H3. The first-order valence-electron chi connectivity index (χ1n) is 7.07. The molecule has 0 saturated carbocycles. The molecule has 0 N–H and O–H groups in total. The average Bonchev–Trinajstić information content (AvgIpc) is 2.85. The van der Waals surface area contributed by atoms with Crippen LogP contribution in [0, 0.1) is 6.92 Å². The van der Waals surface area contributed by atoms with E-state index in [1.807, 2.05) is 26.2 Å². The maximum atomic E-state index is 13.1. The summed E-state index contributed by atoms with van der Waals surface area (Å²) in [5, 5.41) is 1.85. The summed E-state index contributed by atoms with van der Waals surface area (Å²) in [6.07, 6.45) is 1.55. The van der Waals surface area contributed by atoms with Gasteiger partial charge in [0.25, 0.3) is 0 Å². The molecule has 0 aromatic carbocycles. The Kier molecular flexibility index (Phi) is 7.64. The third-order valence-corrected chi connectivity index (χ3v) is 7.38. The van der Waals surface area contributed by atoms with Gasteiger partial charge in [-0.3, -0.25) is 0 Å². The minimum absolute atomic E-state index is 0.0207. The Balaban J connectivity index is 3.29. The summed E-state index contributed by atoms with van der Waals surface area (Å²) in [4.78, 5) is 1.09. The van der Waals surface area contributed by atoms with Crippen LogP contribution in [0.25, 0.3) is 0 Å². The van der Waals surface area contributed by atoms with Crippen LogP contribution in [0.2, 0.25) is 0 Å². The smallest absolute Gasteiger partial charge is 0.244 e. The van der Waals surface area contributed by atoms with Crippen molar-refractivity contribution < 1.29 is 13.2 Å². The number of ether oxygens (including phenoxy) is 1. The molecule has 122 valence electrons. The van der Waals surface area contributed by atoms with Crippen molar-refractivity contribution in [2.75, 3.05) is 20.3 Å². The molecule has 0 aliphatic rings. The van der Waals surface area contributed by atoms with Crippen molar-refractivity contribution in [2.45, 2.75) is 50.4 Å². The van der Waals surface area contributed by atoms with Crippen LogP contribution in [0.15, 0.2) is 10.3 Å². The van der Waals surface area contributed by atoms with Gasteiger partial charge in [0.2, 0.25) is 10.0 Å². The second kappa shape index (κ2) is 8.48. The van der Waals surface area contributed by atoms with E-state index >= 15 is 0 Å². The van der Waals surface area contributed by atoms with Crippen molar-refractivity contribution in [1.29, 1.82) is 0 Å². The zero-order valence-electron chi connectivity index (χ0n) is 13.1. The van der Waals surface area contributed by atoms with Gasteiger partial charge in [-0.2, -0.15) is 4.31 Å². The molecule has 0 radical (unpaired) electrons. The van der Waals surface area contributed by atoms with Crippen LogP contribution in [-0.4, -0.2) is 39.0 Å². The summed E-state index contributed by atoms with van der Waals surface area (Å²) >= 11 is 7.31. The minimum atomic E-state index is -3.55. The van der Waals surface area contributed by atoms with Crippen molar-refractivity contribution in [3.05, 3.63) is 15.8 Å². The normalized spacial score (nSPS) is 12.5. The molecule has 0 aliphatic heterocycles. The zero-order valence-corrected chi connectivity index (χ0v) is 15.4. The van der Waals surface area contributed by atoms with Crippen molar-refractivity contribution in [2.24, 2.45) is 0 Å². The first kappa shape index (κ1) is 18.9. The van der Waals surface area contributed by atoms with E-state index in [0.29, 0.717) is 22.9 Å². The maximum Gasteiger partial charge on any atom is 0.244 e. The second-order valence-corrected chi connectivity index (χ2v) is 7.94. The van der Waals surface area contributed by atoms with Crippen molar-refractivity contribution in [1.82, 2.24) is 4.31 Å². The lowest BCUT2D eigenvalue weighted by Gasteiger charge is -2.29. The van der Waals surface area contributed by atoms with E-state index in [-0.39, 0.29) is 11.9 Å². The minimum Gasteiger partial charge on any atom is -0.383 e. The monoisotopic (exact) mass is 353 g/mol. The van der Waals surface area contributed by atoms with Crippen LogP contribution in [-0.2, 0) is 20.6 Å². The van der Waals surface area contributed by atoms with Crippen LogP contribution in [0.5, 0.6) is 0 Å². The Morgan fingerprint density at radius 1 is 1.38 bits per heavy atom. The molecule has 0 aliphatic carbocycles. The van der Waals surface area contributed by atoms with Crippen molar-refractivity contribution in [3.63, 3.8) is 0 Å². The van der Waals surface area contributed by atoms with Crippen LogP contribution in [0.1, 0.15) is 37.1 Å². The average molecular weight is 354 g/mol. The molecule has 21 heavy (non-hydrogen) atoms. The Morgan fingerprint density at radius 3 is 2.48 bits per heavy atom. The number of methoxy groups -OCH3 is 1. The molecule has 1 aromatic heterocycles. The second-order valence-electron chi connectivity index (χ2n) is 4.88. The number of hydrogen-bond donors (Lipinski definition) is 0. The van der Waals surface area contributed by atoms with Gasteiger partial charge in [-0.15, -0.1) is 22.9 Å². The van der Waals surface area contributed by atoms with Crippen molar-refractivity contribution in [3.8, 4) is 0 Å². The Morgan fingerprint density at radius 2 is 2.00 bits per heavy atom. The Labute approximate surface area is 137 Å². The molecular formula is C14H24ClNO3S2. The first-order valence-corrected chi connectivity index (χ1v) is 9.93. The Hall–Kier alpha value is -0.140. The highest BCUT2D eigenvalue weighted by Crippen LogP contribution is 2.32. The first-order chi connectivity index (χ1) is 9.93. The summed E-state index contributed by atoms with van der Waals surface area (Å²) in [6.45, 7) is 6.58. The third kappa shape index (κ3) is 4.20. The van der Waals surface area contributed by atoms with Gasteiger partial charge in [0.05, 0.1) is 12.5 Å². The van der Waals surface area contributed by atoms with E-state index in [9.17, 15) is 8.42 Å². The van der Waals surface area contributed by atoms with Gasteiger partial charge in [-0.1, -0.05) is 13.8 Å². The fraction of sp³-hybridized carbons (Fsp3) is 0.714. The van der Waals surface area contributed by atoms with Crippen LogP contribution < -0.4 is 0 Å². The quantitative estimate of drug-likeness (QED) is 0.637. The fourth-order valence-electron chi connectivity index (χ4n) is 2.42. The zero-order chi connectivity index (χ0) is 16.0. The van der Waals surface area contributed by atoms with Crippen molar-refractivity contribution >= 4 is 33.0 Å². The van der Waals surface area contributed by atoms with Gasteiger partial charge in [0.15, 0.2) is 0 Å². The largest absolute Gasteiger partial charge is 0.383 e. The number of rotatable bonds is 9. The van der Waals surface area contributed by atoms with Gasteiger partial charge in [-0.25, -0.2) is 8.42 Å². The molecule has 0 saturated heterocycles. The number of aryl methyl sites for hydroxylation is 1. The molecule has 4 nitrogen and oxygen atoms in total. The molecule has 7 heteroatoms. The van der Waals surface area contributed by atoms with Crippen LogP contribution in [0.3, 0.4) is 0 Å². The predicted molar refractivity (Wildman–Crippen MR) is 88.8 cm³/mol. The molecule has 0 bridgehead atoms. The third-order valence-electron chi connectivity index (χ3n) is 3.54. The number of nitrogens with zero attached hydrogens (tertiary/aromatic N) is 1. The molecule has 1 heterocycles. The summed E-state index contributed by atoms with van der Waals surface area (Å²) < 4.78 is 32.8. The Bertz CT molecular complexity index is 538. The van der Waals surface area contributed by atoms with Gasteiger partial charge >= 0.3 is 0 Å². The lowest BCUT2D eigenvalue weighted by molar-refractivity contribution is 0.163. The highest BCUT2D eigenvalue weighted by Gasteiger charge is 2.33. The number of sulfonamides is 1. The summed E-state index contributed by atoms with van der Waals surface area (Å²) in [5.41, 5.74) is 0.768. The van der Waals surface area contributed by atoms with E-state index in [0.717, 1.165) is 18.4 Å². The SMILES string of the molecule is CCC(CC)N(CCOC)S(=O)(=O)c1c(C)csc1CCl. The van der Waals surface area contributed by atoms with Gasteiger partial charge < -0.3 is 4.74 Å². The topological polar surface area (TPSA) is 46.6 Å². The fourth-order valence-corrected chi connectivity index (χ4v) is 6.19. The van der Waals surface area contributed by atoms with Gasteiger partial charge in [-0.05, 0) is 30.7 Å². The molecule has 0 atom stereocenters. The van der Waals surface area contributed by atoms with E-state index < -0.39 is 10.0 Å². The lowest BCUT2D eigenvalue weighted by atomic mass is 10.2. The van der Waals surface area contributed by atoms with E-state index in [2.05, 4.69) is 0 Å². The van der Waals surface area contributed by atoms with Gasteiger partial charge in [0, 0.05) is 24.6 Å². The maximum absolute atomic E-state index is 13.1. The molecule has 0 unspecified atom stereocenters. The van der Waals surface area contributed by atoms with Crippen LogP contribution in [0.4, 0.5) is 0 Å². The number of thiophene rings is 1. The highest BCUT2D eigenvalue weighted by atomic mass is 35.5. The number of hydrogen-bond acceptors (Lipinski definition) is 4. The molecule has 0 spiro atoms. The lowest BCUT2D eigenvalue weighted by Crippen LogP contribution is -2.42. The van der Waals surface area contributed by atoms with E-state index in [1.165, 1.54) is 11.3 Å². The summed E-state index contributed by atoms with van der Waals surface area (Å²) in [6, 6.07) is -0.0207. The van der Waals surface area contributed by atoms with E-state index in [1.54, 1.807) is 11.4 Å².